The van der Waals surface area contributed by atoms with Crippen molar-refractivity contribution in [1.82, 2.24) is 4.98 Å². The quantitative estimate of drug-likeness (QED) is 0.563. The Morgan fingerprint density at radius 3 is 2.95 bits per heavy atom. The maximum absolute atomic E-state index is 12.7. The molecule has 4 N–H and O–H groups in total. The SMILES string of the molecule is NNc1cnccc1C(=O)N1CC(=O)Nc2ccccc21. The summed E-state index contributed by atoms with van der Waals surface area (Å²) in [6.45, 7) is -0.0395. The Bertz CT molecular complexity index is 716. The van der Waals surface area contributed by atoms with Gasteiger partial charge in [0.2, 0.25) is 5.91 Å². The van der Waals surface area contributed by atoms with E-state index >= 15 is 0 Å². The molecule has 7 heteroatoms. The van der Waals surface area contributed by atoms with E-state index in [-0.39, 0.29) is 18.4 Å². The average molecular weight is 283 g/mol. The predicted molar refractivity (Wildman–Crippen MR) is 78.8 cm³/mol. The third kappa shape index (κ3) is 2.30. The smallest absolute Gasteiger partial charge is 0.261 e. The fourth-order valence-electron chi connectivity index (χ4n) is 2.26. The molecule has 2 aromatic rings. The van der Waals surface area contributed by atoms with Crippen molar-refractivity contribution in [3.63, 3.8) is 0 Å². The van der Waals surface area contributed by atoms with Gasteiger partial charge in [-0.15, -0.1) is 0 Å². The molecule has 0 aliphatic carbocycles. The number of hydrogen-bond acceptors (Lipinski definition) is 5. The first kappa shape index (κ1) is 13.1. The molecule has 0 radical (unpaired) electrons. The number of anilines is 3. The number of amides is 2. The van der Waals surface area contributed by atoms with E-state index in [0.29, 0.717) is 22.6 Å². The maximum Gasteiger partial charge on any atom is 0.261 e. The van der Waals surface area contributed by atoms with Crippen LogP contribution in [0.5, 0.6) is 0 Å². The molecule has 2 heterocycles. The van der Waals surface area contributed by atoms with Crippen LogP contribution in [-0.2, 0) is 4.79 Å². The Hall–Kier alpha value is -2.93. The van der Waals surface area contributed by atoms with Gasteiger partial charge in [0.1, 0.15) is 6.54 Å². The number of fused-ring (bicyclic) bond motifs is 1. The summed E-state index contributed by atoms with van der Waals surface area (Å²) in [6.07, 6.45) is 2.97. The maximum atomic E-state index is 12.7. The highest BCUT2D eigenvalue weighted by Gasteiger charge is 2.28. The van der Waals surface area contributed by atoms with Gasteiger partial charge in [0.05, 0.1) is 28.8 Å². The molecule has 21 heavy (non-hydrogen) atoms. The highest BCUT2D eigenvalue weighted by Crippen LogP contribution is 2.30. The minimum Gasteiger partial charge on any atom is -0.323 e. The molecule has 1 aromatic carbocycles. The van der Waals surface area contributed by atoms with Gasteiger partial charge in [-0.3, -0.25) is 25.3 Å². The normalized spacial score (nSPS) is 13.4. The molecule has 0 atom stereocenters. The zero-order chi connectivity index (χ0) is 14.8. The molecule has 7 nitrogen and oxygen atoms in total. The number of nitrogen functional groups attached to an aromatic ring is 1. The molecule has 0 unspecified atom stereocenters. The molecule has 1 aromatic heterocycles. The minimum atomic E-state index is -0.312. The second-order valence-corrected chi connectivity index (χ2v) is 4.52. The molecular formula is C14H13N5O2. The highest BCUT2D eigenvalue weighted by molar-refractivity contribution is 6.16. The Kier molecular flexibility index (Phi) is 3.25. The first-order chi connectivity index (χ1) is 10.2. The number of carbonyl (C=O) groups excluding carboxylic acids is 2. The van der Waals surface area contributed by atoms with Gasteiger partial charge in [0.15, 0.2) is 0 Å². The van der Waals surface area contributed by atoms with Crippen molar-refractivity contribution in [1.29, 1.82) is 0 Å². The van der Waals surface area contributed by atoms with Crippen LogP contribution in [0, 0.1) is 0 Å². The van der Waals surface area contributed by atoms with Crippen LogP contribution in [0.4, 0.5) is 17.1 Å². The molecule has 0 fully saturated rings. The lowest BCUT2D eigenvalue weighted by molar-refractivity contribution is -0.115. The van der Waals surface area contributed by atoms with Gasteiger partial charge < -0.3 is 10.7 Å². The lowest BCUT2D eigenvalue weighted by Gasteiger charge is -2.29. The molecule has 0 bridgehead atoms. The second-order valence-electron chi connectivity index (χ2n) is 4.52. The van der Waals surface area contributed by atoms with Gasteiger partial charge in [0, 0.05) is 6.20 Å². The Morgan fingerprint density at radius 1 is 1.33 bits per heavy atom. The van der Waals surface area contributed by atoms with Crippen molar-refractivity contribution in [3.8, 4) is 0 Å². The number of pyridine rings is 1. The molecule has 1 aliphatic heterocycles. The topological polar surface area (TPSA) is 100 Å². The van der Waals surface area contributed by atoms with Gasteiger partial charge in [-0.05, 0) is 18.2 Å². The standard InChI is InChI=1S/C14H13N5O2/c15-18-11-7-16-6-5-9(11)14(21)19-8-13(20)17-10-3-1-2-4-12(10)19/h1-7,18H,8,15H2,(H,17,20). The van der Waals surface area contributed by atoms with Gasteiger partial charge in [-0.1, -0.05) is 12.1 Å². The average Bonchev–Trinajstić information content (AvgIpc) is 2.53. The number of nitrogens with two attached hydrogens (primary N) is 1. The van der Waals surface area contributed by atoms with E-state index in [0.717, 1.165) is 0 Å². The summed E-state index contributed by atoms with van der Waals surface area (Å²) in [5.74, 6) is 4.85. The number of nitrogens with one attached hydrogen (secondary N) is 2. The summed E-state index contributed by atoms with van der Waals surface area (Å²) >= 11 is 0. The Morgan fingerprint density at radius 2 is 2.14 bits per heavy atom. The van der Waals surface area contributed by atoms with Crippen molar-refractivity contribution in [3.05, 3.63) is 48.3 Å². The second kappa shape index (κ2) is 5.22. The number of rotatable bonds is 2. The first-order valence-electron chi connectivity index (χ1n) is 6.32. The highest BCUT2D eigenvalue weighted by atomic mass is 16.2. The van der Waals surface area contributed by atoms with E-state index in [1.54, 1.807) is 24.3 Å². The van der Waals surface area contributed by atoms with E-state index < -0.39 is 0 Å². The predicted octanol–water partition coefficient (Wildman–Crippen LogP) is 0.966. The molecule has 0 saturated carbocycles. The monoisotopic (exact) mass is 283 g/mol. The molecule has 0 saturated heterocycles. The molecule has 1 aliphatic rings. The summed E-state index contributed by atoms with van der Waals surface area (Å²) < 4.78 is 0. The summed E-state index contributed by atoms with van der Waals surface area (Å²) in [5.41, 5.74) is 4.47. The van der Waals surface area contributed by atoms with Crippen molar-refractivity contribution >= 4 is 28.9 Å². The van der Waals surface area contributed by atoms with Crippen LogP contribution < -0.4 is 21.5 Å². The van der Waals surface area contributed by atoms with Crippen LogP contribution in [0.3, 0.4) is 0 Å². The number of nitrogens with zero attached hydrogens (tertiary/aromatic N) is 2. The molecule has 0 spiro atoms. The molecule has 2 amide bonds. The number of carbonyl (C=O) groups is 2. The summed E-state index contributed by atoms with van der Waals surface area (Å²) in [5, 5.41) is 2.74. The number of benzene rings is 1. The van der Waals surface area contributed by atoms with Crippen LogP contribution >= 0.6 is 0 Å². The van der Waals surface area contributed by atoms with Crippen LogP contribution in [0.25, 0.3) is 0 Å². The molecular weight excluding hydrogens is 270 g/mol. The van der Waals surface area contributed by atoms with Crippen LogP contribution in [0.15, 0.2) is 42.7 Å². The van der Waals surface area contributed by atoms with Gasteiger partial charge in [0.25, 0.3) is 5.91 Å². The van der Waals surface area contributed by atoms with E-state index in [4.69, 9.17) is 5.84 Å². The zero-order valence-electron chi connectivity index (χ0n) is 11.0. The minimum absolute atomic E-state index is 0.0395. The van der Waals surface area contributed by atoms with Gasteiger partial charge in [-0.2, -0.15) is 0 Å². The van der Waals surface area contributed by atoms with Crippen LogP contribution in [0.2, 0.25) is 0 Å². The fourth-order valence-corrected chi connectivity index (χ4v) is 2.26. The third-order valence-electron chi connectivity index (χ3n) is 3.22. The summed E-state index contributed by atoms with van der Waals surface area (Å²) in [4.78, 5) is 29.8. The van der Waals surface area contributed by atoms with Crippen LogP contribution in [-0.4, -0.2) is 23.3 Å². The van der Waals surface area contributed by atoms with Crippen molar-refractivity contribution < 1.29 is 9.59 Å². The fraction of sp³-hybridized carbons (Fsp3) is 0.0714. The van der Waals surface area contributed by atoms with E-state index in [1.165, 1.54) is 17.3 Å². The van der Waals surface area contributed by atoms with E-state index in [9.17, 15) is 9.59 Å². The number of para-hydroxylation sites is 2. The van der Waals surface area contributed by atoms with Crippen molar-refractivity contribution in [2.75, 3.05) is 22.2 Å². The van der Waals surface area contributed by atoms with Gasteiger partial charge >= 0.3 is 0 Å². The lowest BCUT2D eigenvalue weighted by Crippen LogP contribution is -2.42. The summed E-state index contributed by atoms with van der Waals surface area (Å²) in [6, 6.07) is 8.70. The number of hydrazine groups is 1. The Balaban J connectivity index is 2.04. The third-order valence-corrected chi connectivity index (χ3v) is 3.22. The molecule has 106 valence electrons. The lowest BCUT2D eigenvalue weighted by atomic mass is 10.1. The zero-order valence-corrected chi connectivity index (χ0v) is 11.0. The van der Waals surface area contributed by atoms with Crippen molar-refractivity contribution in [2.24, 2.45) is 5.84 Å². The summed E-state index contributed by atoms with van der Waals surface area (Å²) in [7, 11) is 0. The molecule has 3 rings (SSSR count). The van der Waals surface area contributed by atoms with E-state index in [1.807, 2.05) is 6.07 Å². The number of aromatic nitrogens is 1. The Labute approximate surface area is 120 Å². The first-order valence-corrected chi connectivity index (χ1v) is 6.32. The number of hydrogen-bond donors (Lipinski definition) is 3. The van der Waals surface area contributed by atoms with Gasteiger partial charge in [-0.25, -0.2) is 0 Å². The van der Waals surface area contributed by atoms with E-state index in [2.05, 4.69) is 15.7 Å². The van der Waals surface area contributed by atoms with Crippen LogP contribution in [0.1, 0.15) is 10.4 Å². The van der Waals surface area contributed by atoms with Crippen molar-refractivity contribution in [2.45, 2.75) is 0 Å². The largest absolute Gasteiger partial charge is 0.323 e.